The Morgan fingerprint density at radius 1 is 1.38 bits per heavy atom. The average Bonchev–Trinajstić information content (AvgIpc) is 2.19. The molecular formula is C10H11NO2. The van der Waals surface area contributed by atoms with E-state index in [0.717, 1.165) is 5.56 Å². The molecule has 0 saturated carbocycles. The summed E-state index contributed by atoms with van der Waals surface area (Å²) in [7, 11) is 0. The van der Waals surface area contributed by atoms with Gasteiger partial charge in [-0.2, -0.15) is 0 Å². The Balaban J connectivity index is 2.48. The molecule has 0 aliphatic heterocycles. The van der Waals surface area contributed by atoms with Gasteiger partial charge in [0.25, 0.3) is 0 Å². The van der Waals surface area contributed by atoms with Crippen LogP contribution in [0.1, 0.15) is 18.1 Å². The van der Waals surface area contributed by atoms with Crippen LogP contribution >= 0.6 is 0 Å². The summed E-state index contributed by atoms with van der Waals surface area (Å²) in [6, 6.07) is 9.30. The molecular weight excluding hydrogens is 166 g/mol. The van der Waals surface area contributed by atoms with Crippen molar-refractivity contribution in [3.63, 3.8) is 0 Å². The highest BCUT2D eigenvalue weighted by atomic mass is 16.3. The maximum absolute atomic E-state index is 9.75. The summed E-state index contributed by atoms with van der Waals surface area (Å²) in [5.74, 6) is 0. The largest absolute Gasteiger partial charge is 0.388 e. The van der Waals surface area contributed by atoms with Gasteiger partial charge in [-0.1, -0.05) is 30.3 Å². The molecule has 1 aromatic carbocycles. The van der Waals surface area contributed by atoms with Crippen LogP contribution in [0.15, 0.2) is 35.3 Å². The van der Waals surface area contributed by atoms with Crippen molar-refractivity contribution in [2.24, 2.45) is 4.99 Å². The van der Waals surface area contributed by atoms with E-state index < -0.39 is 6.10 Å². The lowest BCUT2D eigenvalue weighted by molar-refractivity contribution is 0.170. The van der Waals surface area contributed by atoms with E-state index in [0.29, 0.717) is 13.0 Å². The summed E-state index contributed by atoms with van der Waals surface area (Å²) in [6.45, 7) is 0.319. The van der Waals surface area contributed by atoms with Gasteiger partial charge in [-0.3, -0.25) is 0 Å². The van der Waals surface area contributed by atoms with Crippen LogP contribution in [0.25, 0.3) is 0 Å². The number of carbonyl (C=O) groups excluding carboxylic acids is 1. The van der Waals surface area contributed by atoms with Gasteiger partial charge in [-0.05, 0) is 12.0 Å². The Bertz CT molecular complexity index is 291. The van der Waals surface area contributed by atoms with E-state index in [1.807, 2.05) is 30.3 Å². The van der Waals surface area contributed by atoms with Crippen molar-refractivity contribution in [2.75, 3.05) is 6.54 Å². The molecule has 0 aliphatic rings. The van der Waals surface area contributed by atoms with Crippen molar-refractivity contribution in [3.8, 4) is 0 Å². The van der Waals surface area contributed by atoms with Gasteiger partial charge in [-0.25, -0.2) is 9.79 Å². The molecule has 0 aromatic heterocycles. The van der Waals surface area contributed by atoms with E-state index in [1.54, 1.807) is 0 Å². The summed E-state index contributed by atoms with van der Waals surface area (Å²) in [5, 5.41) is 9.56. The first-order valence-electron chi connectivity index (χ1n) is 4.11. The smallest absolute Gasteiger partial charge is 0.234 e. The van der Waals surface area contributed by atoms with Crippen LogP contribution in [0.3, 0.4) is 0 Å². The highest BCUT2D eigenvalue weighted by molar-refractivity contribution is 5.32. The van der Waals surface area contributed by atoms with E-state index in [4.69, 9.17) is 0 Å². The fourth-order valence-electron chi connectivity index (χ4n) is 1.07. The Morgan fingerprint density at radius 2 is 2.08 bits per heavy atom. The van der Waals surface area contributed by atoms with Gasteiger partial charge in [0.2, 0.25) is 6.08 Å². The fraction of sp³-hybridized carbons (Fsp3) is 0.300. The highest BCUT2D eigenvalue weighted by Crippen LogP contribution is 2.15. The average molecular weight is 177 g/mol. The molecule has 1 rings (SSSR count). The molecule has 0 heterocycles. The van der Waals surface area contributed by atoms with E-state index in [2.05, 4.69) is 4.99 Å². The molecule has 0 spiro atoms. The first-order chi connectivity index (χ1) is 6.34. The third kappa shape index (κ3) is 3.20. The third-order valence-corrected chi connectivity index (χ3v) is 1.76. The van der Waals surface area contributed by atoms with Gasteiger partial charge in [0, 0.05) is 0 Å². The number of aliphatic hydroxyl groups is 1. The number of rotatable bonds is 4. The topological polar surface area (TPSA) is 49.7 Å². The van der Waals surface area contributed by atoms with Crippen molar-refractivity contribution in [3.05, 3.63) is 35.9 Å². The van der Waals surface area contributed by atoms with Crippen LogP contribution in [0, 0.1) is 0 Å². The van der Waals surface area contributed by atoms with E-state index in [-0.39, 0.29) is 0 Å². The van der Waals surface area contributed by atoms with Crippen LogP contribution < -0.4 is 0 Å². The molecule has 13 heavy (non-hydrogen) atoms. The van der Waals surface area contributed by atoms with E-state index >= 15 is 0 Å². The van der Waals surface area contributed by atoms with Crippen molar-refractivity contribution in [1.29, 1.82) is 0 Å². The number of aliphatic hydroxyl groups excluding tert-OH is 1. The molecule has 1 aromatic rings. The first kappa shape index (κ1) is 9.65. The van der Waals surface area contributed by atoms with Gasteiger partial charge >= 0.3 is 0 Å². The zero-order valence-electron chi connectivity index (χ0n) is 7.18. The number of hydrogen-bond donors (Lipinski definition) is 1. The number of hydrogen-bond acceptors (Lipinski definition) is 3. The Kier molecular flexibility index (Phi) is 3.89. The molecule has 0 radical (unpaired) electrons. The molecule has 0 aliphatic carbocycles. The van der Waals surface area contributed by atoms with Gasteiger partial charge < -0.3 is 5.11 Å². The predicted molar refractivity (Wildman–Crippen MR) is 49.0 cm³/mol. The quantitative estimate of drug-likeness (QED) is 0.559. The van der Waals surface area contributed by atoms with Gasteiger partial charge in [0.05, 0.1) is 12.6 Å². The maximum Gasteiger partial charge on any atom is 0.234 e. The Morgan fingerprint density at radius 3 is 2.69 bits per heavy atom. The summed E-state index contributed by atoms with van der Waals surface area (Å²) in [6.07, 6.45) is 1.35. The second-order valence-electron chi connectivity index (χ2n) is 2.69. The fourth-order valence-corrected chi connectivity index (χ4v) is 1.07. The summed E-state index contributed by atoms with van der Waals surface area (Å²) in [5.41, 5.74) is 0.851. The standard InChI is InChI=1S/C10H11NO2/c12-8-11-7-6-10(13)9-4-2-1-3-5-9/h1-5,10,13H,6-7H2. The molecule has 0 bridgehead atoms. The van der Waals surface area contributed by atoms with Crippen molar-refractivity contribution in [1.82, 2.24) is 0 Å². The monoisotopic (exact) mass is 177 g/mol. The zero-order valence-corrected chi connectivity index (χ0v) is 7.18. The predicted octanol–water partition coefficient (Wildman–Crippen LogP) is 1.45. The highest BCUT2D eigenvalue weighted by Gasteiger charge is 2.04. The lowest BCUT2D eigenvalue weighted by Gasteiger charge is -2.07. The number of isocyanates is 1. The third-order valence-electron chi connectivity index (χ3n) is 1.76. The lowest BCUT2D eigenvalue weighted by atomic mass is 10.1. The van der Waals surface area contributed by atoms with Crippen molar-refractivity contribution < 1.29 is 9.90 Å². The number of benzene rings is 1. The van der Waals surface area contributed by atoms with Crippen LogP contribution in [0.5, 0.6) is 0 Å². The minimum absolute atomic E-state index is 0.319. The zero-order chi connectivity index (χ0) is 9.52. The molecule has 1 N–H and O–H groups in total. The molecule has 68 valence electrons. The van der Waals surface area contributed by atoms with Crippen molar-refractivity contribution >= 4 is 6.08 Å². The van der Waals surface area contributed by atoms with Crippen LogP contribution in [-0.4, -0.2) is 17.7 Å². The molecule has 0 amide bonds. The Hall–Kier alpha value is -1.44. The lowest BCUT2D eigenvalue weighted by Crippen LogP contribution is -1.98. The molecule has 0 saturated heterocycles. The van der Waals surface area contributed by atoms with Crippen LogP contribution in [0.4, 0.5) is 0 Å². The molecule has 0 fully saturated rings. The minimum Gasteiger partial charge on any atom is -0.388 e. The van der Waals surface area contributed by atoms with Crippen LogP contribution in [0.2, 0.25) is 0 Å². The van der Waals surface area contributed by atoms with E-state index in [9.17, 15) is 9.90 Å². The van der Waals surface area contributed by atoms with Gasteiger partial charge in [-0.15, -0.1) is 0 Å². The van der Waals surface area contributed by atoms with Crippen LogP contribution in [-0.2, 0) is 4.79 Å². The summed E-state index contributed by atoms with van der Waals surface area (Å²) < 4.78 is 0. The summed E-state index contributed by atoms with van der Waals surface area (Å²) >= 11 is 0. The Labute approximate surface area is 76.7 Å². The van der Waals surface area contributed by atoms with Gasteiger partial charge in [0.1, 0.15) is 0 Å². The first-order valence-corrected chi connectivity index (χ1v) is 4.11. The molecule has 1 unspecified atom stereocenters. The second kappa shape index (κ2) is 5.25. The van der Waals surface area contributed by atoms with Gasteiger partial charge in [0.15, 0.2) is 0 Å². The second-order valence-corrected chi connectivity index (χ2v) is 2.69. The summed E-state index contributed by atoms with van der Waals surface area (Å²) in [4.78, 5) is 13.1. The minimum atomic E-state index is -0.543. The van der Waals surface area contributed by atoms with E-state index in [1.165, 1.54) is 6.08 Å². The maximum atomic E-state index is 9.75. The molecule has 1 atom stereocenters. The number of aliphatic imine (C=N–C) groups is 1. The van der Waals surface area contributed by atoms with Crippen molar-refractivity contribution in [2.45, 2.75) is 12.5 Å². The number of nitrogens with zero attached hydrogens (tertiary/aromatic N) is 1. The molecule has 3 nitrogen and oxygen atoms in total. The normalized spacial score (nSPS) is 11.8. The SMILES string of the molecule is O=C=NCCC(O)c1ccccc1. The molecule has 3 heteroatoms.